The van der Waals surface area contributed by atoms with Gasteiger partial charge in [0, 0.05) is 12.1 Å². The number of esters is 1. The summed E-state index contributed by atoms with van der Waals surface area (Å²) in [7, 11) is 0. The van der Waals surface area contributed by atoms with Crippen LogP contribution >= 0.6 is 0 Å². The highest BCUT2D eigenvalue weighted by molar-refractivity contribution is 5.77. The number of pyridine rings is 1. The average Bonchev–Trinajstić information content (AvgIpc) is 2.53. The Morgan fingerprint density at radius 3 is 2.27 bits per heavy atom. The molecular weight excluding hydrogens is 274 g/mol. The molecule has 0 bridgehead atoms. The Bertz CT molecular complexity index is 591. The monoisotopic (exact) mass is 298 g/mol. The van der Waals surface area contributed by atoms with E-state index in [-0.39, 0.29) is 18.6 Å². The molecule has 3 nitrogen and oxygen atoms in total. The molecule has 0 radical (unpaired) electrons. The zero-order chi connectivity index (χ0) is 15.9. The van der Waals surface area contributed by atoms with Gasteiger partial charge in [-0.2, -0.15) is 4.57 Å². The number of carbonyl (C=O) groups is 1. The fourth-order valence-corrected chi connectivity index (χ4v) is 2.33. The van der Waals surface area contributed by atoms with E-state index in [0.29, 0.717) is 5.92 Å². The van der Waals surface area contributed by atoms with Crippen molar-refractivity contribution in [3.8, 4) is 0 Å². The number of benzene rings is 1. The molecule has 0 saturated carbocycles. The average molecular weight is 298 g/mol. The van der Waals surface area contributed by atoms with Gasteiger partial charge in [0.25, 0.3) is 6.73 Å². The number of hydrogen-bond donors (Lipinski definition) is 0. The molecule has 2 aromatic rings. The first-order valence-corrected chi connectivity index (χ1v) is 7.76. The van der Waals surface area contributed by atoms with Crippen molar-refractivity contribution in [1.29, 1.82) is 0 Å². The standard InChI is InChI=1S/C19H24NO2/c1-15(2)13-17-7-9-18(10-8-17)16(3)19(21)22-14-20-11-5-4-6-12-20/h4-12,15-16H,13-14H2,1-3H3/q+1. The first-order chi connectivity index (χ1) is 10.6. The zero-order valence-electron chi connectivity index (χ0n) is 13.5. The maximum atomic E-state index is 12.1. The van der Waals surface area contributed by atoms with Gasteiger partial charge in [-0.15, -0.1) is 0 Å². The molecule has 3 heteroatoms. The van der Waals surface area contributed by atoms with Gasteiger partial charge in [0.2, 0.25) is 0 Å². The van der Waals surface area contributed by atoms with Crippen molar-refractivity contribution in [2.45, 2.75) is 39.8 Å². The summed E-state index contributed by atoms with van der Waals surface area (Å²) in [6.45, 7) is 6.54. The predicted octanol–water partition coefficient (Wildman–Crippen LogP) is 3.48. The Kier molecular flexibility index (Phi) is 5.70. The molecule has 0 spiro atoms. The molecule has 0 saturated heterocycles. The number of aromatic nitrogens is 1. The molecule has 0 aliphatic carbocycles. The van der Waals surface area contributed by atoms with Crippen molar-refractivity contribution in [3.05, 3.63) is 66.0 Å². The normalized spacial score (nSPS) is 12.2. The second kappa shape index (κ2) is 7.74. The summed E-state index contributed by atoms with van der Waals surface area (Å²) in [4.78, 5) is 12.1. The minimum absolute atomic E-state index is 0.201. The number of carbonyl (C=O) groups excluding carboxylic acids is 1. The summed E-state index contributed by atoms with van der Waals surface area (Å²) in [5.41, 5.74) is 2.30. The maximum absolute atomic E-state index is 12.1. The van der Waals surface area contributed by atoms with Crippen LogP contribution in [-0.4, -0.2) is 5.97 Å². The number of ether oxygens (including phenoxy) is 1. The van der Waals surface area contributed by atoms with Crippen LogP contribution in [-0.2, 0) is 22.7 Å². The molecule has 1 heterocycles. The lowest BCUT2D eigenvalue weighted by Gasteiger charge is -2.11. The van der Waals surface area contributed by atoms with Crippen molar-refractivity contribution in [2.24, 2.45) is 5.92 Å². The van der Waals surface area contributed by atoms with Crippen molar-refractivity contribution in [3.63, 3.8) is 0 Å². The predicted molar refractivity (Wildman–Crippen MR) is 86.1 cm³/mol. The van der Waals surface area contributed by atoms with Crippen molar-refractivity contribution in [1.82, 2.24) is 0 Å². The molecule has 1 aromatic heterocycles. The number of hydrogen-bond acceptors (Lipinski definition) is 2. The Morgan fingerprint density at radius 2 is 1.68 bits per heavy atom. The van der Waals surface area contributed by atoms with Crippen molar-refractivity contribution < 1.29 is 14.1 Å². The van der Waals surface area contributed by atoms with Gasteiger partial charge in [-0.1, -0.05) is 44.2 Å². The van der Waals surface area contributed by atoms with Gasteiger partial charge in [0.15, 0.2) is 12.4 Å². The Balaban J connectivity index is 1.92. The highest BCUT2D eigenvalue weighted by Gasteiger charge is 2.18. The van der Waals surface area contributed by atoms with E-state index >= 15 is 0 Å². The molecule has 1 unspecified atom stereocenters. The zero-order valence-corrected chi connectivity index (χ0v) is 13.5. The maximum Gasteiger partial charge on any atom is 0.317 e. The van der Waals surface area contributed by atoms with E-state index < -0.39 is 0 Å². The van der Waals surface area contributed by atoms with Gasteiger partial charge in [-0.3, -0.25) is 4.79 Å². The minimum Gasteiger partial charge on any atom is -0.404 e. The Labute approximate surface area is 132 Å². The van der Waals surface area contributed by atoms with E-state index in [1.807, 2.05) is 54.2 Å². The lowest BCUT2D eigenvalue weighted by Crippen LogP contribution is -2.35. The molecule has 1 atom stereocenters. The summed E-state index contributed by atoms with van der Waals surface area (Å²) in [6, 6.07) is 14.0. The van der Waals surface area contributed by atoms with Gasteiger partial charge >= 0.3 is 5.97 Å². The van der Waals surface area contributed by atoms with Crippen LogP contribution in [0.4, 0.5) is 0 Å². The van der Waals surface area contributed by atoms with E-state index in [9.17, 15) is 4.79 Å². The first kappa shape index (κ1) is 16.2. The number of nitrogens with zero attached hydrogens (tertiary/aromatic N) is 1. The van der Waals surface area contributed by atoms with Gasteiger partial charge < -0.3 is 4.74 Å². The van der Waals surface area contributed by atoms with Gasteiger partial charge in [-0.25, -0.2) is 0 Å². The Hall–Kier alpha value is -2.16. The van der Waals surface area contributed by atoms with Gasteiger partial charge in [-0.05, 0) is 30.4 Å². The summed E-state index contributed by atoms with van der Waals surface area (Å²) >= 11 is 0. The summed E-state index contributed by atoms with van der Waals surface area (Å²) in [6.07, 6.45) is 4.81. The van der Waals surface area contributed by atoms with Crippen molar-refractivity contribution in [2.75, 3.05) is 0 Å². The third-order valence-electron chi connectivity index (χ3n) is 3.61. The van der Waals surface area contributed by atoms with Crippen LogP contribution in [0.25, 0.3) is 0 Å². The smallest absolute Gasteiger partial charge is 0.317 e. The largest absolute Gasteiger partial charge is 0.404 e. The van der Waals surface area contributed by atoms with Crippen LogP contribution in [0.2, 0.25) is 0 Å². The van der Waals surface area contributed by atoms with E-state index in [1.54, 1.807) is 0 Å². The second-order valence-electron chi connectivity index (χ2n) is 6.04. The summed E-state index contributed by atoms with van der Waals surface area (Å²) in [5.74, 6) is 0.182. The molecule has 0 amide bonds. The topological polar surface area (TPSA) is 30.2 Å². The summed E-state index contributed by atoms with van der Waals surface area (Å²) < 4.78 is 7.19. The molecule has 22 heavy (non-hydrogen) atoms. The lowest BCUT2D eigenvalue weighted by atomic mass is 9.97. The fraction of sp³-hybridized carbons (Fsp3) is 0.368. The molecule has 0 aliphatic heterocycles. The van der Waals surface area contributed by atoms with Crippen LogP contribution in [0, 0.1) is 5.92 Å². The highest BCUT2D eigenvalue weighted by Crippen LogP contribution is 2.18. The fourth-order valence-electron chi connectivity index (χ4n) is 2.33. The third-order valence-corrected chi connectivity index (χ3v) is 3.61. The van der Waals surface area contributed by atoms with E-state index in [0.717, 1.165) is 12.0 Å². The quantitative estimate of drug-likeness (QED) is 0.604. The van der Waals surface area contributed by atoms with Crippen LogP contribution in [0.1, 0.15) is 37.8 Å². The van der Waals surface area contributed by atoms with Gasteiger partial charge in [0.1, 0.15) is 0 Å². The summed E-state index contributed by atoms with van der Waals surface area (Å²) in [5, 5.41) is 0. The molecule has 116 valence electrons. The molecule has 0 fully saturated rings. The van der Waals surface area contributed by atoms with Crippen LogP contribution < -0.4 is 4.57 Å². The van der Waals surface area contributed by atoms with Crippen LogP contribution in [0.5, 0.6) is 0 Å². The SMILES string of the molecule is CC(C)Cc1ccc(C(C)C(=O)OC[n+]2ccccc2)cc1. The van der Waals surface area contributed by atoms with Crippen LogP contribution in [0.3, 0.4) is 0 Å². The highest BCUT2D eigenvalue weighted by atomic mass is 16.5. The lowest BCUT2D eigenvalue weighted by molar-refractivity contribution is -0.727. The Morgan fingerprint density at radius 1 is 1.05 bits per heavy atom. The minimum atomic E-state index is -0.252. The third kappa shape index (κ3) is 4.69. The first-order valence-electron chi connectivity index (χ1n) is 7.76. The molecule has 0 aliphatic rings. The molecule has 0 N–H and O–H groups in total. The second-order valence-corrected chi connectivity index (χ2v) is 6.04. The molecule has 1 aromatic carbocycles. The van der Waals surface area contributed by atoms with Gasteiger partial charge in [0.05, 0.1) is 5.92 Å². The van der Waals surface area contributed by atoms with Crippen molar-refractivity contribution >= 4 is 5.97 Å². The molecular formula is C19H24NO2+. The number of rotatable bonds is 6. The van der Waals surface area contributed by atoms with Crippen LogP contribution in [0.15, 0.2) is 54.9 Å². The van der Waals surface area contributed by atoms with E-state index in [2.05, 4.69) is 26.0 Å². The van der Waals surface area contributed by atoms with E-state index in [1.165, 1.54) is 5.56 Å². The van der Waals surface area contributed by atoms with E-state index in [4.69, 9.17) is 4.74 Å². The molecule has 2 rings (SSSR count).